The summed E-state index contributed by atoms with van der Waals surface area (Å²) in [4.78, 5) is 8.23. The van der Waals surface area contributed by atoms with Crippen LogP contribution in [0, 0.1) is 0 Å². The highest BCUT2D eigenvalue weighted by molar-refractivity contribution is 5.48. The minimum absolute atomic E-state index is 0.466. The molecule has 0 saturated heterocycles. The van der Waals surface area contributed by atoms with Crippen molar-refractivity contribution in [1.82, 2.24) is 9.97 Å². The number of benzene rings is 1. The molecule has 0 radical (unpaired) electrons. The Morgan fingerprint density at radius 3 is 2.52 bits per heavy atom. The lowest BCUT2D eigenvalue weighted by Gasteiger charge is -2.14. The second-order valence-electron chi connectivity index (χ2n) is 4.69. The first-order chi connectivity index (χ1) is 10.3. The molecule has 0 aliphatic rings. The van der Waals surface area contributed by atoms with E-state index >= 15 is 0 Å². The third kappa shape index (κ3) is 3.84. The average Bonchev–Trinajstić information content (AvgIpc) is 2.50. The summed E-state index contributed by atoms with van der Waals surface area (Å²) < 4.78 is 11.6. The van der Waals surface area contributed by atoms with E-state index in [1.165, 1.54) is 6.33 Å². The number of para-hydroxylation sites is 2. The highest BCUT2D eigenvalue weighted by Gasteiger charge is 2.13. The summed E-state index contributed by atoms with van der Waals surface area (Å²) in [5.74, 6) is 2.31. The highest BCUT2D eigenvalue weighted by atomic mass is 16.5. The first-order valence-electron chi connectivity index (χ1n) is 7.25. The molecule has 1 aromatic heterocycles. The number of rotatable bonds is 7. The van der Waals surface area contributed by atoms with Crippen LogP contribution in [0.25, 0.3) is 0 Å². The van der Waals surface area contributed by atoms with Crippen LogP contribution in [0.15, 0.2) is 30.6 Å². The lowest BCUT2D eigenvalue weighted by Crippen LogP contribution is -2.03. The number of hydrogen-bond acceptors (Lipinski definition) is 5. The van der Waals surface area contributed by atoms with Crippen LogP contribution in [0.1, 0.15) is 32.3 Å². The Morgan fingerprint density at radius 1 is 1.05 bits per heavy atom. The molecule has 21 heavy (non-hydrogen) atoms. The Kier molecular flexibility index (Phi) is 5.37. The molecule has 1 aromatic carbocycles. The van der Waals surface area contributed by atoms with Gasteiger partial charge in [0.2, 0.25) is 5.88 Å². The topological polar surface area (TPSA) is 70.3 Å². The van der Waals surface area contributed by atoms with Crippen LogP contribution in [0.3, 0.4) is 0 Å². The third-order valence-corrected chi connectivity index (χ3v) is 2.96. The van der Waals surface area contributed by atoms with Crippen LogP contribution in [0.4, 0.5) is 5.82 Å². The smallest absolute Gasteiger partial charge is 0.227 e. The summed E-state index contributed by atoms with van der Waals surface area (Å²) in [6, 6.07) is 7.56. The number of nitrogens with two attached hydrogens (primary N) is 1. The van der Waals surface area contributed by atoms with Crippen LogP contribution in [-0.4, -0.2) is 16.6 Å². The van der Waals surface area contributed by atoms with Gasteiger partial charge in [-0.1, -0.05) is 32.4 Å². The van der Waals surface area contributed by atoms with Crippen molar-refractivity contribution in [3.8, 4) is 17.4 Å². The predicted octanol–water partition coefficient (Wildman–Crippen LogP) is 3.59. The summed E-state index contributed by atoms with van der Waals surface area (Å²) in [7, 11) is 0. The van der Waals surface area contributed by atoms with Gasteiger partial charge in [0.15, 0.2) is 11.5 Å². The molecule has 0 atom stereocenters. The van der Waals surface area contributed by atoms with Crippen molar-refractivity contribution in [3.05, 3.63) is 36.2 Å². The molecule has 0 amide bonds. The number of aromatic nitrogens is 2. The summed E-state index contributed by atoms with van der Waals surface area (Å²) in [5, 5.41) is 0. The van der Waals surface area contributed by atoms with Crippen molar-refractivity contribution in [2.24, 2.45) is 0 Å². The molecule has 2 rings (SSSR count). The first kappa shape index (κ1) is 15.1. The number of nitrogen functional groups attached to an aromatic ring is 1. The van der Waals surface area contributed by atoms with Gasteiger partial charge < -0.3 is 15.2 Å². The maximum absolute atomic E-state index is 5.92. The fraction of sp³-hybridized carbons (Fsp3) is 0.375. The normalized spacial score (nSPS) is 10.4. The number of hydrogen-bond donors (Lipinski definition) is 1. The van der Waals surface area contributed by atoms with Crippen molar-refractivity contribution in [2.75, 3.05) is 12.3 Å². The second kappa shape index (κ2) is 7.47. The quantitative estimate of drug-likeness (QED) is 0.842. The van der Waals surface area contributed by atoms with E-state index in [0.717, 1.165) is 24.8 Å². The Morgan fingerprint density at radius 2 is 1.81 bits per heavy atom. The van der Waals surface area contributed by atoms with E-state index in [9.17, 15) is 0 Å². The van der Waals surface area contributed by atoms with Crippen molar-refractivity contribution in [2.45, 2.75) is 33.1 Å². The van der Waals surface area contributed by atoms with Gasteiger partial charge in [0.25, 0.3) is 0 Å². The zero-order valence-corrected chi connectivity index (χ0v) is 12.5. The maximum atomic E-state index is 5.92. The molecule has 0 spiro atoms. The van der Waals surface area contributed by atoms with E-state index in [1.807, 2.05) is 24.3 Å². The highest BCUT2D eigenvalue weighted by Crippen LogP contribution is 2.33. The van der Waals surface area contributed by atoms with E-state index in [4.69, 9.17) is 15.2 Å². The SMILES string of the molecule is CCCOc1ccccc1Oc1ncnc(N)c1CCC. The van der Waals surface area contributed by atoms with Crippen LogP contribution in [0.2, 0.25) is 0 Å². The molecule has 2 N–H and O–H groups in total. The molecule has 5 heteroatoms. The molecule has 0 bridgehead atoms. The molecule has 0 saturated carbocycles. The van der Waals surface area contributed by atoms with Gasteiger partial charge in [0.1, 0.15) is 12.1 Å². The monoisotopic (exact) mass is 287 g/mol. The van der Waals surface area contributed by atoms with Gasteiger partial charge in [-0.3, -0.25) is 0 Å². The first-order valence-corrected chi connectivity index (χ1v) is 7.25. The maximum Gasteiger partial charge on any atom is 0.227 e. The number of nitrogens with zero attached hydrogens (tertiary/aromatic N) is 2. The van der Waals surface area contributed by atoms with Crippen LogP contribution < -0.4 is 15.2 Å². The molecule has 1 heterocycles. The lowest BCUT2D eigenvalue weighted by molar-refractivity contribution is 0.300. The van der Waals surface area contributed by atoms with Gasteiger partial charge in [-0.15, -0.1) is 0 Å². The molecule has 0 unspecified atom stereocenters. The molecule has 0 aliphatic heterocycles. The van der Waals surface area contributed by atoms with E-state index in [-0.39, 0.29) is 0 Å². The Labute approximate surface area is 125 Å². The number of anilines is 1. The van der Waals surface area contributed by atoms with E-state index < -0.39 is 0 Å². The number of ether oxygens (including phenoxy) is 2. The molecule has 0 fully saturated rings. The Balaban J connectivity index is 2.28. The molecular formula is C16H21N3O2. The van der Waals surface area contributed by atoms with Gasteiger partial charge >= 0.3 is 0 Å². The molecule has 2 aromatic rings. The standard InChI is InChI=1S/C16H21N3O2/c1-3-7-12-15(17)18-11-19-16(12)21-14-9-6-5-8-13(14)20-10-4-2/h5-6,8-9,11H,3-4,7,10H2,1-2H3,(H2,17,18,19). The summed E-state index contributed by atoms with van der Waals surface area (Å²) in [5.41, 5.74) is 6.76. The van der Waals surface area contributed by atoms with Gasteiger partial charge in [-0.05, 0) is 25.0 Å². The van der Waals surface area contributed by atoms with Crippen LogP contribution in [-0.2, 0) is 6.42 Å². The van der Waals surface area contributed by atoms with Crippen molar-refractivity contribution in [1.29, 1.82) is 0 Å². The minimum Gasteiger partial charge on any atom is -0.490 e. The summed E-state index contributed by atoms with van der Waals surface area (Å²) in [6.45, 7) is 4.79. The molecule has 112 valence electrons. The molecule has 0 aliphatic carbocycles. The van der Waals surface area contributed by atoms with Gasteiger partial charge in [-0.2, -0.15) is 0 Å². The Bertz CT molecular complexity index is 587. The largest absolute Gasteiger partial charge is 0.490 e. The van der Waals surface area contributed by atoms with Crippen molar-refractivity contribution in [3.63, 3.8) is 0 Å². The average molecular weight is 287 g/mol. The summed E-state index contributed by atoms with van der Waals surface area (Å²) in [6.07, 6.45) is 4.08. The fourth-order valence-electron chi connectivity index (χ4n) is 1.95. The van der Waals surface area contributed by atoms with Crippen molar-refractivity contribution < 1.29 is 9.47 Å². The zero-order chi connectivity index (χ0) is 15.1. The van der Waals surface area contributed by atoms with Gasteiger partial charge in [-0.25, -0.2) is 9.97 Å². The minimum atomic E-state index is 0.466. The lowest BCUT2D eigenvalue weighted by atomic mass is 10.2. The molecular weight excluding hydrogens is 266 g/mol. The van der Waals surface area contributed by atoms with Gasteiger partial charge in [0, 0.05) is 0 Å². The fourth-order valence-corrected chi connectivity index (χ4v) is 1.95. The van der Waals surface area contributed by atoms with Gasteiger partial charge in [0.05, 0.1) is 12.2 Å². The predicted molar refractivity (Wildman–Crippen MR) is 82.7 cm³/mol. The summed E-state index contributed by atoms with van der Waals surface area (Å²) >= 11 is 0. The second-order valence-corrected chi connectivity index (χ2v) is 4.69. The van der Waals surface area contributed by atoms with Crippen molar-refractivity contribution >= 4 is 5.82 Å². The van der Waals surface area contributed by atoms with Crippen LogP contribution in [0.5, 0.6) is 17.4 Å². The Hall–Kier alpha value is -2.30. The van der Waals surface area contributed by atoms with Crippen LogP contribution >= 0.6 is 0 Å². The van der Waals surface area contributed by atoms with E-state index in [2.05, 4.69) is 23.8 Å². The molecule has 5 nitrogen and oxygen atoms in total. The third-order valence-electron chi connectivity index (χ3n) is 2.96. The van der Waals surface area contributed by atoms with E-state index in [0.29, 0.717) is 29.8 Å². The van der Waals surface area contributed by atoms with E-state index in [1.54, 1.807) is 0 Å². The zero-order valence-electron chi connectivity index (χ0n) is 12.5.